The number of carbonyl (C=O) groups excluding carboxylic acids is 2. The number of amides is 2. The van der Waals surface area contributed by atoms with Crippen molar-refractivity contribution in [1.82, 2.24) is 10.2 Å². The average Bonchev–Trinajstić information content (AvgIpc) is 2.63. The molecule has 0 aliphatic carbocycles. The first-order valence-corrected chi connectivity index (χ1v) is 8.31. The van der Waals surface area contributed by atoms with E-state index >= 15 is 0 Å². The lowest BCUT2D eigenvalue weighted by atomic mass is 9.99. The topological polar surface area (TPSA) is 70.7 Å². The zero-order valence-corrected chi connectivity index (χ0v) is 14.8. The molecule has 8 heteroatoms. The fraction of sp³-hybridized carbons (Fsp3) is 0.529. The quantitative estimate of drug-likeness (QED) is 0.841. The molecule has 0 radical (unpaired) electrons. The van der Waals surface area contributed by atoms with E-state index in [1.807, 2.05) is 6.07 Å². The molecule has 2 N–H and O–H groups in total. The maximum atomic E-state index is 14.5. The molecule has 2 aliphatic heterocycles. The van der Waals surface area contributed by atoms with Crippen molar-refractivity contribution >= 4 is 29.9 Å². The van der Waals surface area contributed by atoms with Crippen LogP contribution in [0.15, 0.2) is 12.1 Å². The summed E-state index contributed by atoms with van der Waals surface area (Å²) in [5.74, 6) is -0.767. The van der Waals surface area contributed by atoms with Gasteiger partial charge >= 0.3 is 0 Å². The van der Waals surface area contributed by atoms with E-state index in [2.05, 4.69) is 10.6 Å². The molecule has 0 atom stereocenters. The number of hydrogen-bond acceptors (Lipinski definition) is 4. The highest BCUT2D eigenvalue weighted by Crippen LogP contribution is 2.24. The Bertz CT molecular complexity index is 636. The van der Waals surface area contributed by atoms with Crippen LogP contribution >= 0.6 is 12.4 Å². The second-order valence-corrected chi connectivity index (χ2v) is 6.03. The van der Waals surface area contributed by atoms with Crippen molar-refractivity contribution in [2.24, 2.45) is 0 Å². The highest BCUT2D eigenvalue weighted by Gasteiger charge is 2.20. The van der Waals surface area contributed by atoms with Crippen LogP contribution in [0.5, 0.6) is 0 Å². The van der Waals surface area contributed by atoms with Crippen molar-refractivity contribution in [3.8, 4) is 0 Å². The summed E-state index contributed by atoms with van der Waals surface area (Å²) >= 11 is 0. The second-order valence-electron chi connectivity index (χ2n) is 6.03. The molecule has 6 nitrogen and oxygen atoms in total. The molecule has 25 heavy (non-hydrogen) atoms. The highest BCUT2D eigenvalue weighted by atomic mass is 35.5. The number of hydrogen-bond donors (Lipinski definition) is 2. The number of carbonyl (C=O) groups is 2. The maximum Gasteiger partial charge on any atom is 0.224 e. The molecule has 0 saturated carbocycles. The van der Waals surface area contributed by atoms with Gasteiger partial charge in [0.1, 0.15) is 5.82 Å². The monoisotopic (exact) mass is 371 g/mol. The third kappa shape index (κ3) is 4.90. The van der Waals surface area contributed by atoms with Gasteiger partial charge < -0.3 is 20.3 Å². The number of rotatable bonds is 4. The van der Waals surface area contributed by atoms with E-state index in [0.29, 0.717) is 44.8 Å². The molecular formula is C17H23ClFN3O3. The van der Waals surface area contributed by atoms with Crippen LogP contribution in [0.1, 0.15) is 24.0 Å². The van der Waals surface area contributed by atoms with Gasteiger partial charge in [-0.2, -0.15) is 0 Å². The summed E-state index contributed by atoms with van der Waals surface area (Å²) in [6.07, 6.45) is 0.789. The lowest BCUT2D eigenvalue weighted by Crippen LogP contribution is -2.40. The van der Waals surface area contributed by atoms with Crippen molar-refractivity contribution in [3.63, 3.8) is 0 Å². The molecule has 1 aromatic rings. The van der Waals surface area contributed by atoms with Gasteiger partial charge in [-0.05, 0) is 30.2 Å². The van der Waals surface area contributed by atoms with Crippen LogP contribution in [0.2, 0.25) is 0 Å². The molecule has 0 unspecified atom stereocenters. The molecule has 1 aromatic carbocycles. The molecule has 1 saturated heterocycles. The molecular weight excluding hydrogens is 349 g/mol. The summed E-state index contributed by atoms with van der Waals surface area (Å²) in [6, 6.07) is 3.42. The van der Waals surface area contributed by atoms with Crippen molar-refractivity contribution in [1.29, 1.82) is 0 Å². The number of anilines is 1. The summed E-state index contributed by atoms with van der Waals surface area (Å²) in [7, 11) is 0. The Morgan fingerprint density at radius 2 is 2.00 bits per heavy atom. The van der Waals surface area contributed by atoms with Crippen LogP contribution in [-0.4, -0.2) is 49.6 Å². The number of benzene rings is 1. The molecule has 3 rings (SSSR count). The molecule has 1 fully saturated rings. The van der Waals surface area contributed by atoms with E-state index in [1.165, 1.54) is 0 Å². The molecule has 2 aliphatic rings. The first-order chi connectivity index (χ1) is 11.6. The number of halogens is 2. The number of morpholine rings is 1. The summed E-state index contributed by atoms with van der Waals surface area (Å²) in [4.78, 5) is 25.8. The van der Waals surface area contributed by atoms with E-state index in [9.17, 15) is 14.0 Å². The Labute approximate surface area is 152 Å². The number of nitrogens with one attached hydrogen (secondary N) is 2. The van der Waals surface area contributed by atoms with Crippen molar-refractivity contribution < 1.29 is 18.7 Å². The minimum atomic E-state index is -0.359. The van der Waals surface area contributed by atoms with Crippen LogP contribution in [0.4, 0.5) is 10.1 Å². The van der Waals surface area contributed by atoms with E-state index in [1.54, 1.807) is 11.0 Å². The van der Waals surface area contributed by atoms with Crippen LogP contribution in [0.25, 0.3) is 0 Å². The molecule has 0 aromatic heterocycles. The summed E-state index contributed by atoms with van der Waals surface area (Å²) in [5, 5.41) is 5.78. The van der Waals surface area contributed by atoms with Crippen molar-refractivity contribution in [2.45, 2.75) is 25.8 Å². The zero-order chi connectivity index (χ0) is 16.9. The lowest BCUT2D eigenvalue weighted by Gasteiger charge is -2.26. The van der Waals surface area contributed by atoms with Crippen LogP contribution in [-0.2, 0) is 27.3 Å². The Kier molecular flexibility index (Phi) is 7.16. The number of fused-ring (bicyclic) bond motifs is 1. The van der Waals surface area contributed by atoms with Gasteiger partial charge in [0.25, 0.3) is 0 Å². The molecule has 0 bridgehead atoms. The van der Waals surface area contributed by atoms with Crippen LogP contribution in [0, 0.1) is 5.82 Å². The Morgan fingerprint density at radius 1 is 1.24 bits per heavy atom. The molecule has 2 heterocycles. The number of ether oxygens (including phenoxy) is 1. The van der Waals surface area contributed by atoms with E-state index in [0.717, 1.165) is 12.1 Å². The van der Waals surface area contributed by atoms with Crippen LogP contribution in [0.3, 0.4) is 0 Å². The van der Waals surface area contributed by atoms with Gasteiger partial charge in [-0.3, -0.25) is 9.59 Å². The largest absolute Gasteiger partial charge is 0.378 e. The first kappa shape index (κ1) is 19.6. The maximum absolute atomic E-state index is 14.5. The summed E-state index contributed by atoms with van der Waals surface area (Å²) in [6.45, 7) is 3.58. The molecule has 2 amide bonds. The minimum Gasteiger partial charge on any atom is -0.378 e. The minimum absolute atomic E-state index is 0. The summed E-state index contributed by atoms with van der Waals surface area (Å²) in [5.41, 5.74) is 1.79. The smallest absolute Gasteiger partial charge is 0.224 e. The van der Waals surface area contributed by atoms with Gasteiger partial charge in [0.15, 0.2) is 0 Å². The third-order valence-corrected chi connectivity index (χ3v) is 4.41. The van der Waals surface area contributed by atoms with Crippen molar-refractivity contribution in [2.75, 3.05) is 38.2 Å². The Morgan fingerprint density at radius 3 is 2.76 bits per heavy atom. The second kappa shape index (κ2) is 9.12. The fourth-order valence-corrected chi connectivity index (χ4v) is 3.03. The van der Waals surface area contributed by atoms with Gasteiger partial charge in [0, 0.05) is 32.5 Å². The van der Waals surface area contributed by atoms with Gasteiger partial charge in [0.2, 0.25) is 11.8 Å². The normalized spacial score (nSPS) is 16.6. The number of nitrogens with zero attached hydrogens (tertiary/aromatic N) is 1. The highest BCUT2D eigenvalue weighted by molar-refractivity contribution is 5.93. The van der Waals surface area contributed by atoms with Gasteiger partial charge in [-0.15, -0.1) is 12.4 Å². The molecule has 0 spiro atoms. The predicted molar refractivity (Wildman–Crippen MR) is 94.3 cm³/mol. The predicted octanol–water partition coefficient (Wildman–Crippen LogP) is 1.47. The third-order valence-electron chi connectivity index (χ3n) is 4.41. The Hall–Kier alpha value is -1.70. The van der Waals surface area contributed by atoms with E-state index < -0.39 is 0 Å². The first-order valence-electron chi connectivity index (χ1n) is 8.31. The SMILES string of the molecule is Cl.O=C(CCC(=O)N1CCOCC1)Nc1ccc2c(c1F)CCNC2. The van der Waals surface area contributed by atoms with Crippen molar-refractivity contribution in [3.05, 3.63) is 29.1 Å². The fourth-order valence-electron chi connectivity index (χ4n) is 3.03. The summed E-state index contributed by atoms with van der Waals surface area (Å²) < 4.78 is 19.7. The van der Waals surface area contributed by atoms with E-state index in [-0.39, 0.29) is 48.6 Å². The average molecular weight is 372 g/mol. The van der Waals surface area contributed by atoms with Crippen LogP contribution < -0.4 is 10.6 Å². The van der Waals surface area contributed by atoms with E-state index in [4.69, 9.17) is 4.74 Å². The zero-order valence-electron chi connectivity index (χ0n) is 14.0. The Balaban J connectivity index is 0.00000225. The standard InChI is InChI=1S/C17H22FN3O3.ClH/c18-17-13-5-6-19-11-12(13)1-2-14(17)20-15(22)3-4-16(23)21-7-9-24-10-8-21;/h1-2,19H,3-11H2,(H,20,22);1H. The van der Waals surface area contributed by atoms with Gasteiger partial charge in [-0.1, -0.05) is 6.07 Å². The van der Waals surface area contributed by atoms with Gasteiger partial charge in [-0.25, -0.2) is 4.39 Å². The lowest BCUT2D eigenvalue weighted by molar-refractivity contribution is -0.136. The van der Waals surface area contributed by atoms with Gasteiger partial charge in [0.05, 0.1) is 18.9 Å². The molecule has 138 valence electrons.